The fraction of sp³-hybridized carbons (Fsp3) is 0.167. The predicted molar refractivity (Wildman–Crippen MR) is 93.1 cm³/mol. The number of hydrogen-bond donors (Lipinski definition) is 0. The van der Waals surface area contributed by atoms with E-state index in [9.17, 15) is 4.79 Å². The zero-order chi connectivity index (χ0) is 15.7. The van der Waals surface area contributed by atoms with Gasteiger partial charge < -0.3 is 4.90 Å². The van der Waals surface area contributed by atoms with Gasteiger partial charge in [0.15, 0.2) is 0 Å². The Hall–Kier alpha value is -1.58. The lowest BCUT2D eigenvalue weighted by atomic mass is 9.84. The van der Waals surface area contributed by atoms with Crippen LogP contribution in [0.5, 0.6) is 0 Å². The van der Waals surface area contributed by atoms with Gasteiger partial charge in [-0.05, 0) is 47.0 Å². The van der Waals surface area contributed by atoms with Crippen LogP contribution >= 0.6 is 27.5 Å². The minimum atomic E-state index is -0.0347. The standard InChI is InChI=1S/C18H15BrClNO/c1-2-18(22)21-10-13-3-6-14(19)9-16(13)17(11-21)12-4-7-15(20)8-5-12/h2-9,17H,1,10-11H2/t17-/m1/s1. The maximum Gasteiger partial charge on any atom is 0.246 e. The summed E-state index contributed by atoms with van der Waals surface area (Å²) in [6, 6.07) is 14.1. The van der Waals surface area contributed by atoms with Gasteiger partial charge >= 0.3 is 0 Å². The van der Waals surface area contributed by atoms with Gasteiger partial charge in [-0.1, -0.05) is 52.3 Å². The summed E-state index contributed by atoms with van der Waals surface area (Å²) in [6.07, 6.45) is 1.38. The molecule has 1 aliphatic heterocycles. The fourth-order valence-corrected chi connectivity index (χ4v) is 3.40. The van der Waals surface area contributed by atoms with Crippen LogP contribution < -0.4 is 0 Å². The molecule has 112 valence electrons. The van der Waals surface area contributed by atoms with Crippen molar-refractivity contribution in [2.24, 2.45) is 0 Å². The molecule has 0 unspecified atom stereocenters. The zero-order valence-electron chi connectivity index (χ0n) is 11.9. The first-order valence-electron chi connectivity index (χ1n) is 7.03. The molecule has 3 rings (SSSR count). The van der Waals surface area contributed by atoms with Gasteiger partial charge in [-0.25, -0.2) is 0 Å². The molecule has 0 N–H and O–H groups in total. The minimum absolute atomic E-state index is 0.0347. The van der Waals surface area contributed by atoms with Crippen molar-refractivity contribution in [2.75, 3.05) is 6.54 Å². The van der Waals surface area contributed by atoms with Crippen LogP contribution in [0.1, 0.15) is 22.6 Å². The normalized spacial score (nSPS) is 17.0. The number of halogens is 2. The number of carbonyl (C=O) groups is 1. The Balaban J connectivity index is 2.06. The second-order valence-corrected chi connectivity index (χ2v) is 6.72. The van der Waals surface area contributed by atoms with Gasteiger partial charge in [0.05, 0.1) is 0 Å². The van der Waals surface area contributed by atoms with E-state index in [0.29, 0.717) is 18.1 Å². The number of benzene rings is 2. The lowest BCUT2D eigenvalue weighted by molar-refractivity contribution is -0.127. The minimum Gasteiger partial charge on any atom is -0.334 e. The monoisotopic (exact) mass is 375 g/mol. The number of rotatable bonds is 2. The summed E-state index contributed by atoms with van der Waals surface area (Å²) < 4.78 is 1.05. The summed E-state index contributed by atoms with van der Waals surface area (Å²) in [6.45, 7) is 4.87. The van der Waals surface area contributed by atoms with Crippen LogP contribution in [0.15, 0.2) is 59.6 Å². The Morgan fingerprint density at radius 2 is 2.00 bits per heavy atom. The van der Waals surface area contributed by atoms with E-state index >= 15 is 0 Å². The van der Waals surface area contributed by atoms with Crippen LogP contribution in [0.2, 0.25) is 5.02 Å². The predicted octanol–water partition coefficient (Wildman–Crippen LogP) is 4.76. The highest BCUT2D eigenvalue weighted by Gasteiger charge is 2.28. The maximum absolute atomic E-state index is 12.1. The van der Waals surface area contributed by atoms with Crippen LogP contribution in [0, 0.1) is 0 Å². The van der Waals surface area contributed by atoms with E-state index in [-0.39, 0.29) is 11.8 Å². The second-order valence-electron chi connectivity index (χ2n) is 5.37. The maximum atomic E-state index is 12.1. The highest BCUT2D eigenvalue weighted by molar-refractivity contribution is 9.10. The Morgan fingerprint density at radius 3 is 2.68 bits per heavy atom. The molecule has 0 bridgehead atoms. The van der Waals surface area contributed by atoms with E-state index in [1.165, 1.54) is 17.2 Å². The topological polar surface area (TPSA) is 20.3 Å². The number of carbonyl (C=O) groups excluding carboxylic acids is 1. The first kappa shape index (κ1) is 15.3. The van der Waals surface area contributed by atoms with E-state index in [1.807, 2.05) is 35.2 Å². The van der Waals surface area contributed by atoms with Gasteiger partial charge in [0.25, 0.3) is 0 Å². The molecule has 4 heteroatoms. The Bertz CT molecular complexity index is 726. The SMILES string of the molecule is C=CC(=O)N1Cc2ccc(Br)cc2[C@@H](c2ccc(Cl)cc2)C1. The van der Waals surface area contributed by atoms with Crippen molar-refractivity contribution in [3.05, 3.63) is 81.3 Å². The largest absolute Gasteiger partial charge is 0.334 e. The van der Waals surface area contributed by atoms with Crippen LogP contribution in [-0.2, 0) is 11.3 Å². The van der Waals surface area contributed by atoms with Crippen molar-refractivity contribution in [3.8, 4) is 0 Å². The Morgan fingerprint density at radius 1 is 1.27 bits per heavy atom. The highest BCUT2D eigenvalue weighted by Crippen LogP contribution is 2.35. The number of fused-ring (bicyclic) bond motifs is 1. The van der Waals surface area contributed by atoms with Gasteiger partial charge in [-0.3, -0.25) is 4.79 Å². The third kappa shape index (κ3) is 2.96. The molecular formula is C18H15BrClNO. The molecular weight excluding hydrogens is 362 g/mol. The summed E-state index contributed by atoms with van der Waals surface area (Å²) in [5, 5.41) is 0.716. The lowest BCUT2D eigenvalue weighted by Crippen LogP contribution is -2.37. The average Bonchev–Trinajstić information content (AvgIpc) is 2.54. The molecule has 1 amide bonds. The molecule has 2 nitrogen and oxygen atoms in total. The highest BCUT2D eigenvalue weighted by atomic mass is 79.9. The first-order valence-corrected chi connectivity index (χ1v) is 8.20. The van der Waals surface area contributed by atoms with Crippen molar-refractivity contribution in [2.45, 2.75) is 12.5 Å². The van der Waals surface area contributed by atoms with E-state index in [4.69, 9.17) is 11.6 Å². The van der Waals surface area contributed by atoms with Crippen molar-refractivity contribution in [1.29, 1.82) is 0 Å². The third-order valence-corrected chi connectivity index (χ3v) is 4.75. The summed E-state index contributed by atoms with van der Waals surface area (Å²) in [5.74, 6) is 0.106. The van der Waals surface area contributed by atoms with E-state index in [2.05, 4.69) is 34.6 Å². The smallest absolute Gasteiger partial charge is 0.246 e. The molecule has 2 aromatic carbocycles. The van der Waals surface area contributed by atoms with Crippen LogP contribution in [0.25, 0.3) is 0 Å². The van der Waals surface area contributed by atoms with E-state index in [1.54, 1.807) is 0 Å². The molecule has 1 heterocycles. The zero-order valence-corrected chi connectivity index (χ0v) is 14.3. The Kier molecular flexibility index (Phi) is 4.37. The summed E-state index contributed by atoms with van der Waals surface area (Å²) in [7, 11) is 0. The summed E-state index contributed by atoms with van der Waals surface area (Å²) >= 11 is 9.53. The van der Waals surface area contributed by atoms with Crippen molar-refractivity contribution in [3.63, 3.8) is 0 Å². The molecule has 22 heavy (non-hydrogen) atoms. The second kappa shape index (κ2) is 6.27. The van der Waals surface area contributed by atoms with Gasteiger partial charge in [0, 0.05) is 28.5 Å². The average molecular weight is 377 g/mol. The van der Waals surface area contributed by atoms with E-state index < -0.39 is 0 Å². The summed E-state index contributed by atoms with van der Waals surface area (Å²) in [5.41, 5.74) is 3.58. The number of nitrogens with zero attached hydrogens (tertiary/aromatic N) is 1. The molecule has 0 aromatic heterocycles. The molecule has 2 aromatic rings. The molecule has 0 aliphatic carbocycles. The lowest BCUT2D eigenvalue weighted by Gasteiger charge is -2.34. The molecule has 1 aliphatic rings. The Labute approximate surface area is 143 Å². The van der Waals surface area contributed by atoms with Gasteiger partial charge in [0.2, 0.25) is 5.91 Å². The van der Waals surface area contributed by atoms with E-state index in [0.717, 1.165) is 10.0 Å². The van der Waals surface area contributed by atoms with Crippen LogP contribution in [0.4, 0.5) is 0 Å². The first-order chi connectivity index (χ1) is 10.6. The molecule has 0 fully saturated rings. The molecule has 0 spiro atoms. The fourth-order valence-electron chi connectivity index (χ4n) is 2.90. The third-order valence-electron chi connectivity index (χ3n) is 4.01. The molecule has 1 atom stereocenters. The van der Waals surface area contributed by atoms with Crippen LogP contribution in [-0.4, -0.2) is 17.4 Å². The number of amides is 1. The van der Waals surface area contributed by atoms with Crippen LogP contribution in [0.3, 0.4) is 0 Å². The molecule has 0 radical (unpaired) electrons. The molecule has 0 saturated carbocycles. The van der Waals surface area contributed by atoms with Gasteiger partial charge in [-0.2, -0.15) is 0 Å². The van der Waals surface area contributed by atoms with Gasteiger partial charge in [0.1, 0.15) is 0 Å². The van der Waals surface area contributed by atoms with Crippen molar-refractivity contribution >= 4 is 33.4 Å². The summed E-state index contributed by atoms with van der Waals surface area (Å²) in [4.78, 5) is 13.9. The number of hydrogen-bond acceptors (Lipinski definition) is 1. The quantitative estimate of drug-likeness (QED) is 0.692. The molecule has 0 saturated heterocycles. The van der Waals surface area contributed by atoms with Crippen molar-refractivity contribution < 1.29 is 4.79 Å². The van der Waals surface area contributed by atoms with Crippen molar-refractivity contribution in [1.82, 2.24) is 4.90 Å². The van der Waals surface area contributed by atoms with Gasteiger partial charge in [-0.15, -0.1) is 0 Å².